The molecule has 0 aromatic heterocycles. The van der Waals surface area contributed by atoms with Crippen LogP contribution >= 0.6 is 12.2 Å². The van der Waals surface area contributed by atoms with Crippen LogP contribution < -0.4 is 22.1 Å². The van der Waals surface area contributed by atoms with Crippen LogP contribution in [-0.2, 0) is 10.0 Å². The Hall–Kier alpha value is -3.58. The van der Waals surface area contributed by atoms with Crippen molar-refractivity contribution in [2.24, 2.45) is 15.9 Å². The minimum absolute atomic E-state index is 0.0528. The van der Waals surface area contributed by atoms with E-state index in [1.165, 1.54) is 42.5 Å². The Kier molecular flexibility index (Phi) is 6.22. The first-order chi connectivity index (χ1) is 13.1. The average molecular weight is 422 g/mol. The van der Waals surface area contributed by atoms with E-state index in [-0.39, 0.29) is 21.3 Å². The fraction of sp³-hybridized carbons (Fsp3) is 0. The van der Waals surface area contributed by atoms with Gasteiger partial charge >= 0.3 is 0 Å². The molecule has 0 unspecified atom stereocenters. The SMILES string of the molecule is NC(N)=NS(=O)(=O)c1ccc(NC(=S)NC(=O)c2cccc([N+](=O)[O-])c2)cc1. The van der Waals surface area contributed by atoms with Crippen molar-refractivity contribution in [1.29, 1.82) is 0 Å². The lowest BCUT2D eigenvalue weighted by Crippen LogP contribution is -2.34. The normalized spacial score (nSPS) is 10.6. The number of sulfonamides is 1. The highest BCUT2D eigenvalue weighted by Gasteiger charge is 2.14. The van der Waals surface area contributed by atoms with E-state index < -0.39 is 26.8 Å². The number of nitrogens with two attached hydrogens (primary N) is 2. The number of anilines is 1. The summed E-state index contributed by atoms with van der Waals surface area (Å²) in [6.45, 7) is 0. The summed E-state index contributed by atoms with van der Waals surface area (Å²) in [7, 11) is -4.02. The molecule has 11 nitrogen and oxygen atoms in total. The Morgan fingerprint density at radius 1 is 1.14 bits per heavy atom. The number of non-ortho nitro benzene ring substituents is 1. The first-order valence-electron chi connectivity index (χ1n) is 7.41. The largest absolute Gasteiger partial charge is 0.369 e. The van der Waals surface area contributed by atoms with Crippen molar-refractivity contribution in [3.63, 3.8) is 0 Å². The fourth-order valence-corrected chi connectivity index (χ4v) is 3.07. The highest BCUT2D eigenvalue weighted by molar-refractivity contribution is 7.90. The van der Waals surface area contributed by atoms with Crippen LogP contribution in [0.4, 0.5) is 11.4 Å². The quantitative estimate of drug-likeness (QED) is 0.177. The number of hydrogen-bond donors (Lipinski definition) is 4. The number of nitrogens with zero attached hydrogens (tertiary/aromatic N) is 2. The van der Waals surface area contributed by atoms with E-state index in [0.29, 0.717) is 5.69 Å². The predicted molar refractivity (Wildman–Crippen MR) is 106 cm³/mol. The number of nitrogens with one attached hydrogen (secondary N) is 2. The highest BCUT2D eigenvalue weighted by Crippen LogP contribution is 2.16. The lowest BCUT2D eigenvalue weighted by molar-refractivity contribution is -0.384. The van der Waals surface area contributed by atoms with E-state index in [2.05, 4.69) is 15.0 Å². The summed E-state index contributed by atoms with van der Waals surface area (Å²) in [6, 6.07) is 10.4. The van der Waals surface area contributed by atoms with Crippen LogP contribution in [0.2, 0.25) is 0 Å². The second-order valence-corrected chi connectivity index (χ2v) is 7.24. The van der Waals surface area contributed by atoms with Gasteiger partial charge in [0.2, 0.25) is 5.96 Å². The number of rotatable bonds is 5. The number of guanidine groups is 1. The molecule has 0 radical (unpaired) electrons. The van der Waals surface area contributed by atoms with E-state index in [9.17, 15) is 23.3 Å². The highest BCUT2D eigenvalue weighted by atomic mass is 32.2. The third kappa shape index (κ3) is 5.46. The van der Waals surface area contributed by atoms with Gasteiger partial charge in [-0.2, -0.15) is 8.42 Å². The van der Waals surface area contributed by atoms with Gasteiger partial charge in [-0.15, -0.1) is 4.40 Å². The lowest BCUT2D eigenvalue weighted by atomic mass is 10.2. The van der Waals surface area contributed by atoms with E-state index in [1.807, 2.05) is 0 Å². The number of carbonyl (C=O) groups is 1. The Morgan fingerprint density at radius 2 is 1.79 bits per heavy atom. The molecule has 0 aliphatic carbocycles. The van der Waals surface area contributed by atoms with E-state index in [1.54, 1.807) is 0 Å². The Labute approximate surface area is 164 Å². The first-order valence-corrected chi connectivity index (χ1v) is 9.26. The van der Waals surface area contributed by atoms with Crippen LogP contribution in [0.3, 0.4) is 0 Å². The molecule has 28 heavy (non-hydrogen) atoms. The molecule has 146 valence electrons. The molecule has 0 heterocycles. The fourth-order valence-electron chi connectivity index (χ4n) is 2.00. The summed E-state index contributed by atoms with van der Waals surface area (Å²) >= 11 is 5.01. The van der Waals surface area contributed by atoms with Crippen LogP contribution in [-0.4, -0.2) is 30.3 Å². The number of amides is 1. The van der Waals surface area contributed by atoms with E-state index >= 15 is 0 Å². The van der Waals surface area contributed by atoms with Crippen LogP contribution in [0.5, 0.6) is 0 Å². The van der Waals surface area contributed by atoms with Crippen molar-refractivity contribution in [3.8, 4) is 0 Å². The van der Waals surface area contributed by atoms with Crippen molar-refractivity contribution < 1.29 is 18.1 Å². The van der Waals surface area contributed by atoms with Gasteiger partial charge in [0.1, 0.15) is 0 Å². The molecule has 0 bridgehead atoms. The second-order valence-electron chi connectivity index (χ2n) is 5.23. The number of thiocarbonyl (C=S) groups is 1. The zero-order valence-corrected chi connectivity index (χ0v) is 15.7. The Bertz CT molecular complexity index is 1060. The van der Waals surface area contributed by atoms with Crippen LogP contribution in [0.15, 0.2) is 57.8 Å². The number of nitro benzene ring substituents is 1. The number of carbonyl (C=O) groups excluding carboxylic acids is 1. The molecular weight excluding hydrogens is 408 g/mol. The molecular formula is C15H14N6O5S2. The van der Waals surface area contributed by atoms with Crippen LogP contribution in [0.25, 0.3) is 0 Å². The molecule has 1 amide bonds. The molecule has 2 aromatic carbocycles. The number of nitro groups is 1. The third-order valence-corrected chi connectivity index (χ3v) is 4.71. The van der Waals surface area contributed by atoms with E-state index in [4.69, 9.17) is 23.7 Å². The zero-order valence-electron chi connectivity index (χ0n) is 14.0. The van der Waals surface area contributed by atoms with Crippen LogP contribution in [0, 0.1) is 10.1 Å². The molecule has 0 atom stereocenters. The van der Waals surface area contributed by atoms with Gasteiger partial charge in [-0.3, -0.25) is 20.2 Å². The average Bonchev–Trinajstić information content (AvgIpc) is 2.61. The molecule has 2 aromatic rings. The Balaban J connectivity index is 2.05. The first kappa shape index (κ1) is 20.7. The van der Waals surface area contributed by atoms with Gasteiger partial charge in [0.15, 0.2) is 5.11 Å². The molecule has 0 aliphatic rings. The summed E-state index contributed by atoms with van der Waals surface area (Å²) in [4.78, 5) is 22.1. The lowest BCUT2D eigenvalue weighted by Gasteiger charge is -2.10. The predicted octanol–water partition coefficient (Wildman–Crippen LogP) is 0.684. The summed E-state index contributed by atoms with van der Waals surface area (Å²) in [5.41, 5.74) is 10.3. The van der Waals surface area contributed by atoms with Gasteiger partial charge in [0, 0.05) is 23.4 Å². The summed E-state index contributed by atoms with van der Waals surface area (Å²) in [6.07, 6.45) is 0. The van der Waals surface area contributed by atoms with Crippen molar-refractivity contribution in [3.05, 3.63) is 64.2 Å². The molecule has 0 saturated carbocycles. The summed E-state index contributed by atoms with van der Waals surface area (Å²) in [5, 5.41) is 15.7. The number of benzene rings is 2. The van der Waals surface area contributed by atoms with Gasteiger partial charge in [-0.05, 0) is 42.5 Å². The summed E-state index contributed by atoms with van der Waals surface area (Å²) in [5.74, 6) is -1.24. The van der Waals surface area contributed by atoms with Crippen molar-refractivity contribution in [2.45, 2.75) is 4.90 Å². The van der Waals surface area contributed by atoms with Crippen molar-refractivity contribution in [2.75, 3.05) is 5.32 Å². The van der Waals surface area contributed by atoms with Gasteiger partial charge < -0.3 is 16.8 Å². The number of hydrogen-bond acceptors (Lipinski definition) is 6. The van der Waals surface area contributed by atoms with Gasteiger partial charge in [-0.1, -0.05) is 6.07 Å². The topological polar surface area (TPSA) is 183 Å². The summed E-state index contributed by atoms with van der Waals surface area (Å²) < 4.78 is 26.9. The smallest absolute Gasteiger partial charge is 0.285 e. The maximum Gasteiger partial charge on any atom is 0.285 e. The Morgan fingerprint density at radius 3 is 2.36 bits per heavy atom. The second kappa shape index (κ2) is 8.41. The third-order valence-electron chi connectivity index (χ3n) is 3.18. The molecule has 0 spiro atoms. The van der Waals surface area contributed by atoms with Crippen molar-refractivity contribution >= 4 is 50.6 Å². The standard InChI is InChI=1S/C15H14N6O5S2/c16-14(17)20-28(25,26)12-6-4-10(5-7-12)18-15(27)19-13(22)9-2-1-3-11(8-9)21(23)24/h1-8H,(H4,16,17,20)(H2,18,19,22,27). The molecule has 0 aliphatic heterocycles. The van der Waals surface area contributed by atoms with Gasteiger partial charge in [0.25, 0.3) is 21.6 Å². The molecule has 2 rings (SSSR count). The van der Waals surface area contributed by atoms with Gasteiger partial charge in [0.05, 0.1) is 9.82 Å². The monoisotopic (exact) mass is 422 g/mol. The molecule has 0 fully saturated rings. The maximum atomic E-state index is 12.1. The minimum Gasteiger partial charge on any atom is -0.369 e. The van der Waals surface area contributed by atoms with E-state index in [0.717, 1.165) is 6.07 Å². The zero-order chi connectivity index (χ0) is 20.9. The van der Waals surface area contributed by atoms with Crippen molar-refractivity contribution in [1.82, 2.24) is 5.32 Å². The maximum absolute atomic E-state index is 12.1. The molecule has 6 N–H and O–H groups in total. The molecule has 0 saturated heterocycles. The van der Waals surface area contributed by atoms with Gasteiger partial charge in [-0.25, -0.2) is 0 Å². The molecule has 13 heteroatoms. The minimum atomic E-state index is -4.02. The van der Waals surface area contributed by atoms with Crippen LogP contribution in [0.1, 0.15) is 10.4 Å².